The number of aromatic nitrogens is 1. The minimum atomic E-state index is -0.621. The molecular weight excluding hydrogens is 218 g/mol. The van der Waals surface area contributed by atoms with Crippen molar-refractivity contribution >= 4 is 11.8 Å². The first-order chi connectivity index (χ1) is 8.15. The number of amides is 2. The van der Waals surface area contributed by atoms with Gasteiger partial charge in [0.2, 0.25) is 5.91 Å². The normalized spacial score (nSPS) is 11.8. The van der Waals surface area contributed by atoms with E-state index in [0.717, 1.165) is 12.8 Å². The van der Waals surface area contributed by atoms with Crippen LogP contribution >= 0.6 is 0 Å². The topological polar surface area (TPSA) is 85.1 Å². The van der Waals surface area contributed by atoms with Crippen molar-refractivity contribution in [1.82, 2.24) is 10.3 Å². The smallest absolute Gasteiger partial charge is 0.270 e. The zero-order valence-corrected chi connectivity index (χ0v) is 9.85. The monoisotopic (exact) mass is 235 g/mol. The maximum absolute atomic E-state index is 11.7. The summed E-state index contributed by atoms with van der Waals surface area (Å²) in [5.41, 5.74) is 5.52. The molecule has 0 fully saturated rings. The Labute approximate surface area is 100 Å². The van der Waals surface area contributed by atoms with E-state index in [-0.39, 0.29) is 11.6 Å². The predicted molar refractivity (Wildman–Crippen MR) is 64.2 cm³/mol. The number of hydrogen-bond donors (Lipinski definition) is 2. The number of carbonyl (C=O) groups excluding carboxylic acids is 2. The van der Waals surface area contributed by atoms with Crippen molar-refractivity contribution in [3.8, 4) is 0 Å². The Kier molecular flexibility index (Phi) is 5.13. The molecule has 1 aromatic heterocycles. The van der Waals surface area contributed by atoms with E-state index in [1.54, 1.807) is 18.2 Å². The second-order valence-electron chi connectivity index (χ2n) is 3.79. The highest BCUT2D eigenvalue weighted by molar-refractivity contribution is 5.95. The molecule has 1 atom stereocenters. The van der Waals surface area contributed by atoms with E-state index in [9.17, 15) is 9.59 Å². The Morgan fingerprint density at radius 1 is 1.47 bits per heavy atom. The summed E-state index contributed by atoms with van der Waals surface area (Å²) in [6.07, 6.45) is 3.88. The van der Waals surface area contributed by atoms with Gasteiger partial charge in [0.05, 0.1) is 0 Å². The Hall–Kier alpha value is -1.91. The maximum atomic E-state index is 11.7. The molecule has 0 aliphatic heterocycles. The molecule has 0 aliphatic carbocycles. The standard InChI is InChI=1S/C12H17N3O2/c1-2-3-6-9(11(13)16)15-12(17)10-7-4-5-8-14-10/h4-5,7-9H,2-3,6H2,1H3,(H2,13,16)(H,15,17)/t9-/m0/s1. The largest absolute Gasteiger partial charge is 0.368 e. The molecule has 2 amide bonds. The second kappa shape index (κ2) is 6.62. The fourth-order valence-corrected chi connectivity index (χ4v) is 1.42. The summed E-state index contributed by atoms with van der Waals surface area (Å²) in [5, 5.41) is 2.59. The van der Waals surface area contributed by atoms with Crippen LogP contribution in [0.25, 0.3) is 0 Å². The van der Waals surface area contributed by atoms with Gasteiger partial charge in [-0.2, -0.15) is 0 Å². The molecule has 0 saturated carbocycles. The van der Waals surface area contributed by atoms with E-state index in [1.807, 2.05) is 6.92 Å². The SMILES string of the molecule is CCCC[C@H](NC(=O)c1ccccn1)C(N)=O. The average Bonchev–Trinajstić information content (AvgIpc) is 2.35. The van der Waals surface area contributed by atoms with Crippen LogP contribution in [0.2, 0.25) is 0 Å². The first kappa shape index (κ1) is 13.2. The Bertz CT molecular complexity index is 379. The summed E-state index contributed by atoms with van der Waals surface area (Å²) < 4.78 is 0. The summed E-state index contributed by atoms with van der Waals surface area (Å²) >= 11 is 0. The number of nitrogens with two attached hydrogens (primary N) is 1. The minimum Gasteiger partial charge on any atom is -0.368 e. The highest BCUT2D eigenvalue weighted by Gasteiger charge is 2.18. The lowest BCUT2D eigenvalue weighted by Gasteiger charge is -2.14. The van der Waals surface area contributed by atoms with Crippen molar-refractivity contribution < 1.29 is 9.59 Å². The predicted octanol–water partition coefficient (Wildman–Crippen LogP) is 0.855. The minimum absolute atomic E-state index is 0.287. The van der Waals surface area contributed by atoms with E-state index in [1.165, 1.54) is 6.20 Å². The van der Waals surface area contributed by atoms with Gasteiger partial charge in [0.1, 0.15) is 11.7 Å². The lowest BCUT2D eigenvalue weighted by Crippen LogP contribution is -2.44. The van der Waals surface area contributed by atoms with E-state index in [4.69, 9.17) is 5.73 Å². The summed E-state index contributed by atoms with van der Waals surface area (Å²) in [4.78, 5) is 26.8. The molecule has 17 heavy (non-hydrogen) atoms. The van der Waals surface area contributed by atoms with Gasteiger partial charge in [-0.25, -0.2) is 0 Å². The van der Waals surface area contributed by atoms with Crippen molar-refractivity contribution in [2.24, 2.45) is 5.73 Å². The lowest BCUT2D eigenvalue weighted by atomic mass is 10.1. The van der Waals surface area contributed by atoms with E-state index < -0.39 is 11.9 Å². The molecule has 0 saturated heterocycles. The quantitative estimate of drug-likeness (QED) is 0.766. The zero-order chi connectivity index (χ0) is 12.7. The molecule has 5 nitrogen and oxygen atoms in total. The molecule has 1 rings (SSSR count). The Morgan fingerprint density at radius 2 is 2.24 bits per heavy atom. The number of pyridine rings is 1. The highest BCUT2D eigenvalue weighted by Crippen LogP contribution is 2.02. The van der Waals surface area contributed by atoms with Gasteiger partial charge in [0.15, 0.2) is 0 Å². The molecule has 0 aromatic carbocycles. The van der Waals surface area contributed by atoms with Crippen LogP contribution in [0.4, 0.5) is 0 Å². The number of carbonyl (C=O) groups is 2. The molecule has 0 unspecified atom stereocenters. The number of primary amides is 1. The second-order valence-corrected chi connectivity index (χ2v) is 3.79. The molecular formula is C12H17N3O2. The maximum Gasteiger partial charge on any atom is 0.270 e. The van der Waals surface area contributed by atoms with Gasteiger partial charge in [-0.1, -0.05) is 25.8 Å². The van der Waals surface area contributed by atoms with Gasteiger partial charge in [0, 0.05) is 6.20 Å². The number of unbranched alkanes of at least 4 members (excludes halogenated alkanes) is 1. The van der Waals surface area contributed by atoms with Gasteiger partial charge in [-0.05, 0) is 18.6 Å². The fourth-order valence-electron chi connectivity index (χ4n) is 1.42. The highest BCUT2D eigenvalue weighted by atomic mass is 16.2. The molecule has 92 valence electrons. The Morgan fingerprint density at radius 3 is 2.76 bits per heavy atom. The summed E-state index contributed by atoms with van der Waals surface area (Å²) in [6, 6.07) is 4.41. The van der Waals surface area contributed by atoms with Crippen LogP contribution in [-0.2, 0) is 4.79 Å². The van der Waals surface area contributed by atoms with Gasteiger partial charge in [0.25, 0.3) is 5.91 Å². The van der Waals surface area contributed by atoms with Crippen LogP contribution < -0.4 is 11.1 Å². The third-order valence-electron chi connectivity index (χ3n) is 2.39. The summed E-state index contributed by atoms with van der Waals surface area (Å²) in [5.74, 6) is -0.881. The van der Waals surface area contributed by atoms with Gasteiger partial charge < -0.3 is 11.1 Å². The van der Waals surface area contributed by atoms with Gasteiger partial charge in [-0.15, -0.1) is 0 Å². The zero-order valence-electron chi connectivity index (χ0n) is 9.85. The van der Waals surface area contributed by atoms with Crippen molar-refractivity contribution in [1.29, 1.82) is 0 Å². The lowest BCUT2D eigenvalue weighted by molar-refractivity contribution is -0.120. The fraction of sp³-hybridized carbons (Fsp3) is 0.417. The number of nitrogens with zero attached hydrogens (tertiary/aromatic N) is 1. The molecule has 0 bridgehead atoms. The van der Waals surface area contributed by atoms with E-state index >= 15 is 0 Å². The van der Waals surface area contributed by atoms with Crippen molar-refractivity contribution in [2.45, 2.75) is 32.2 Å². The Balaban J connectivity index is 2.61. The molecule has 1 aromatic rings. The number of hydrogen-bond acceptors (Lipinski definition) is 3. The molecule has 1 heterocycles. The van der Waals surface area contributed by atoms with Crippen molar-refractivity contribution in [3.63, 3.8) is 0 Å². The molecule has 0 radical (unpaired) electrons. The summed E-state index contributed by atoms with van der Waals surface area (Å²) in [7, 11) is 0. The molecule has 3 N–H and O–H groups in total. The number of nitrogens with one attached hydrogen (secondary N) is 1. The van der Waals surface area contributed by atoms with E-state index in [2.05, 4.69) is 10.3 Å². The first-order valence-electron chi connectivity index (χ1n) is 5.66. The van der Waals surface area contributed by atoms with Gasteiger partial charge in [-0.3, -0.25) is 14.6 Å². The van der Waals surface area contributed by atoms with Crippen LogP contribution in [0, 0.1) is 0 Å². The van der Waals surface area contributed by atoms with Crippen LogP contribution in [0.15, 0.2) is 24.4 Å². The van der Waals surface area contributed by atoms with Crippen LogP contribution in [0.5, 0.6) is 0 Å². The van der Waals surface area contributed by atoms with Crippen LogP contribution in [-0.4, -0.2) is 22.8 Å². The summed E-state index contributed by atoms with van der Waals surface area (Å²) in [6.45, 7) is 2.01. The van der Waals surface area contributed by atoms with Crippen LogP contribution in [0.3, 0.4) is 0 Å². The first-order valence-corrected chi connectivity index (χ1v) is 5.66. The molecule has 0 spiro atoms. The number of rotatable bonds is 6. The average molecular weight is 235 g/mol. The van der Waals surface area contributed by atoms with Crippen molar-refractivity contribution in [3.05, 3.63) is 30.1 Å². The molecule has 5 heteroatoms. The van der Waals surface area contributed by atoms with Crippen molar-refractivity contribution in [2.75, 3.05) is 0 Å². The van der Waals surface area contributed by atoms with Crippen LogP contribution in [0.1, 0.15) is 36.7 Å². The molecule has 0 aliphatic rings. The van der Waals surface area contributed by atoms with Gasteiger partial charge >= 0.3 is 0 Å². The third-order valence-corrected chi connectivity index (χ3v) is 2.39. The third kappa shape index (κ3) is 4.22. The van der Waals surface area contributed by atoms with E-state index in [0.29, 0.717) is 6.42 Å².